The largest absolute Gasteiger partial charge is 0.351 e. The van der Waals surface area contributed by atoms with Gasteiger partial charge in [-0.3, -0.25) is 9.10 Å². The van der Waals surface area contributed by atoms with Gasteiger partial charge in [0, 0.05) is 33.7 Å². The number of sulfonamides is 1. The fourth-order valence-electron chi connectivity index (χ4n) is 3.04. The van der Waals surface area contributed by atoms with Crippen LogP contribution in [0.5, 0.6) is 0 Å². The van der Waals surface area contributed by atoms with E-state index in [4.69, 9.17) is 23.2 Å². The normalized spacial score (nSPS) is 11.2. The minimum Gasteiger partial charge on any atom is -0.351 e. The first-order valence-electron chi connectivity index (χ1n) is 10.1. The van der Waals surface area contributed by atoms with Crippen LogP contribution in [0, 0.1) is 0 Å². The predicted octanol–water partition coefficient (Wildman–Crippen LogP) is 5.62. The molecule has 0 saturated heterocycles. The molecule has 1 N–H and O–H groups in total. The van der Waals surface area contributed by atoms with E-state index in [0.717, 1.165) is 23.3 Å². The Morgan fingerprint density at radius 1 is 0.879 bits per heavy atom. The van der Waals surface area contributed by atoms with Crippen molar-refractivity contribution in [2.45, 2.75) is 12.3 Å². The number of nitrogens with one attached hydrogen (secondary N) is 1. The van der Waals surface area contributed by atoms with Crippen molar-refractivity contribution in [1.29, 1.82) is 0 Å². The molecule has 0 aliphatic heterocycles. The molecule has 0 bridgehead atoms. The Bertz CT molecular complexity index is 1170. The van der Waals surface area contributed by atoms with Gasteiger partial charge < -0.3 is 5.32 Å². The molecule has 0 saturated carbocycles. The van der Waals surface area contributed by atoms with E-state index in [1.54, 1.807) is 60.3 Å². The van der Waals surface area contributed by atoms with Crippen LogP contribution in [0.25, 0.3) is 0 Å². The van der Waals surface area contributed by atoms with Crippen molar-refractivity contribution in [3.8, 4) is 0 Å². The SMILES string of the molecule is CS(=O)(=O)N(Cc1ccc(Cl)cc1)c1ccc(C(=O)NCCSCc2ccc(Cl)cc2)cc1. The zero-order valence-electron chi connectivity index (χ0n) is 18.0. The number of anilines is 1. The van der Waals surface area contributed by atoms with E-state index < -0.39 is 10.0 Å². The third-order valence-electron chi connectivity index (χ3n) is 4.77. The summed E-state index contributed by atoms with van der Waals surface area (Å²) in [5.41, 5.74) is 2.95. The molecule has 9 heteroatoms. The molecular weight excluding hydrogens is 499 g/mol. The van der Waals surface area contributed by atoms with E-state index in [1.807, 2.05) is 24.3 Å². The van der Waals surface area contributed by atoms with Crippen LogP contribution in [0.2, 0.25) is 10.0 Å². The van der Waals surface area contributed by atoms with Gasteiger partial charge in [0.1, 0.15) is 0 Å². The quantitative estimate of drug-likeness (QED) is 0.350. The van der Waals surface area contributed by atoms with Gasteiger partial charge >= 0.3 is 0 Å². The summed E-state index contributed by atoms with van der Waals surface area (Å²) in [5.74, 6) is 1.42. The molecule has 3 aromatic carbocycles. The first-order valence-corrected chi connectivity index (χ1v) is 13.9. The van der Waals surface area contributed by atoms with E-state index in [9.17, 15) is 13.2 Å². The van der Waals surface area contributed by atoms with Crippen molar-refractivity contribution in [2.24, 2.45) is 0 Å². The van der Waals surface area contributed by atoms with Crippen LogP contribution in [-0.4, -0.2) is 32.9 Å². The molecule has 1 amide bonds. The number of halogens is 2. The summed E-state index contributed by atoms with van der Waals surface area (Å²) in [4.78, 5) is 12.4. The molecule has 0 atom stereocenters. The van der Waals surface area contributed by atoms with Crippen LogP contribution >= 0.6 is 35.0 Å². The fraction of sp³-hybridized carbons (Fsp3) is 0.208. The lowest BCUT2D eigenvalue weighted by molar-refractivity contribution is 0.0956. The topological polar surface area (TPSA) is 66.5 Å². The number of benzene rings is 3. The first-order chi connectivity index (χ1) is 15.7. The second-order valence-electron chi connectivity index (χ2n) is 7.38. The lowest BCUT2D eigenvalue weighted by Crippen LogP contribution is -2.29. The molecule has 0 aromatic heterocycles. The summed E-state index contributed by atoms with van der Waals surface area (Å²) >= 11 is 13.5. The van der Waals surface area contributed by atoms with E-state index in [1.165, 1.54) is 9.87 Å². The van der Waals surface area contributed by atoms with Crippen LogP contribution in [-0.2, 0) is 22.3 Å². The number of carbonyl (C=O) groups excluding carboxylic acids is 1. The number of nitrogens with zero attached hydrogens (tertiary/aromatic N) is 1. The maximum absolute atomic E-state index is 12.4. The van der Waals surface area contributed by atoms with Crippen LogP contribution in [0.15, 0.2) is 72.8 Å². The minimum absolute atomic E-state index is 0.173. The average Bonchev–Trinajstić information content (AvgIpc) is 2.79. The van der Waals surface area contributed by atoms with Gasteiger partial charge in [-0.25, -0.2) is 8.42 Å². The number of rotatable bonds is 10. The highest BCUT2D eigenvalue weighted by atomic mass is 35.5. The molecule has 0 spiro atoms. The average molecular weight is 524 g/mol. The number of carbonyl (C=O) groups is 1. The van der Waals surface area contributed by atoms with Crippen LogP contribution in [0.3, 0.4) is 0 Å². The standard InChI is InChI=1S/C24H24Cl2N2O3S2/c1-33(30,31)28(16-18-2-8-21(25)9-3-18)23-12-6-20(7-13-23)24(29)27-14-15-32-17-19-4-10-22(26)11-5-19/h2-13H,14-17H2,1H3,(H,27,29). The molecule has 3 rings (SSSR count). The van der Waals surface area contributed by atoms with E-state index in [0.29, 0.717) is 27.8 Å². The monoisotopic (exact) mass is 522 g/mol. The highest BCUT2D eigenvalue weighted by Gasteiger charge is 2.18. The minimum atomic E-state index is -3.52. The smallest absolute Gasteiger partial charge is 0.251 e. The number of thioether (sulfide) groups is 1. The molecule has 174 valence electrons. The van der Waals surface area contributed by atoms with Crippen molar-refractivity contribution in [2.75, 3.05) is 22.9 Å². The Morgan fingerprint density at radius 2 is 1.42 bits per heavy atom. The van der Waals surface area contributed by atoms with Gasteiger partial charge in [-0.1, -0.05) is 47.5 Å². The van der Waals surface area contributed by atoms with Gasteiger partial charge in [0.05, 0.1) is 18.5 Å². The van der Waals surface area contributed by atoms with E-state index in [-0.39, 0.29) is 12.5 Å². The van der Waals surface area contributed by atoms with Gasteiger partial charge in [0.2, 0.25) is 10.0 Å². The molecular formula is C24H24Cl2N2O3S2. The Morgan fingerprint density at radius 3 is 1.97 bits per heavy atom. The van der Waals surface area contributed by atoms with Crippen molar-refractivity contribution < 1.29 is 13.2 Å². The molecule has 0 aliphatic carbocycles. The second kappa shape index (κ2) is 11.8. The molecule has 0 radical (unpaired) electrons. The highest BCUT2D eigenvalue weighted by molar-refractivity contribution is 7.98. The summed E-state index contributed by atoms with van der Waals surface area (Å²) < 4.78 is 26.0. The van der Waals surface area contributed by atoms with Gasteiger partial charge in [0.25, 0.3) is 5.91 Å². The van der Waals surface area contributed by atoms with Crippen LogP contribution < -0.4 is 9.62 Å². The molecule has 3 aromatic rings. The van der Waals surface area contributed by atoms with Crippen molar-refractivity contribution in [3.63, 3.8) is 0 Å². The van der Waals surface area contributed by atoms with Crippen molar-refractivity contribution in [3.05, 3.63) is 99.5 Å². The highest BCUT2D eigenvalue weighted by Crippen LogP contribution is 2.22. The third-order valence-corrected chi connectivity index (χ3v) is 7.45. The number of hydrogen-bond donors (Lipinski definition) is 1. The Balaban J connectivity index is 1.54. The summed E-state index contributed by atoms with van der Waals surface area (Å²) in [6.45, 7) is 0.706. The summed E-state index contributed by atoms with van der Waals surface area (Å²) in [6, 6.07) is 21.3. The molecule has 0 unspecified atom stereocenters. The van der Waals surface area contributed by atoms with Gasteiger partial charge in [-0.15, -0.1) is 0 Å². The van der Waals surface area contributed by atoms with E-state index >= 15 is 0 Å². The molecule has 5 nitrogen and oxygen atoms in total. The number of hydrogen-bond acceptors (Lipinski definition) is 4. The lowest BCUT2D eigenvalue weighted by Gasteiger charge is -2.22. The predicted molar refractivity (Wildman–Crippen MR) is 139 cm³/mol. The first kappa shape index (κ1) is 25.4. The van der Waals surface area contributed by atoms with E-state index in [2.05, 4.69) is 5.32 Å². The molecule has 0 fully saturated rings. The van der Waals surface area contributed by atoms with Gasteiger partial charge in [0.15, 0.2) is 0 Å². The van der Waals surface area contributed by atoms with Gasteiger partial charge in [-0.05, 0) is 59.7 Å². The maximum Gasteiger partial charge on any atom is 0.251 e. The number of amides is 1. The zero-order chi connectivity index (χ0) is 23.8. The summed E-state index contributed by atoms with van der Waals surface area (Å²) in [7, 11) is -3.52. The molecule has 33 heavy (non-hydrogen) atoms. The Hall–Kier alpha value is -2.19. The zero-order valence-corrected chi connectivity index (χ0v) is 21.1. The van der Waals surface area contributed by atoms with Crippen LogP contribution in [0.1, 0.15) is 21.5 Å². The summed E-state index contributed by atoms with van der Waals surface area (Å²) in [6.07, 6.45) is 1.16. The second-order valence-corrected chi connectivity index (χ2v) is 11.3. The summed E-state index contributed by atoms with van der Waals surface area (Å²) in [5, 5.41) is 4.19. The van der Waals surface area contributed by atoms with Crippen molar-refractivity contribution >= 4 is 56.6 Å². The maximum atomic E-state index is 12.4. The Labute approximate surface area is 209 Å². The van der Waals surface area contributed by atoms with Gasteiger partial charge in [-0.2, -0.15) is 11.8 Å². The van der Waals surface area contributed by atoms with Crippen LogP contribution in [0.4, 0.5) is 5.69 Å². The molecule has 0 heterocycles. The fourth-order valence-corrected chi connectivity index (χ4v) is 5.00. The lowest BCUT2D eigenvalue weighted by atomic mass is 10.2. The molecule has 0 aliphatic rings. The van der Waals surface area contributed by atoms with Crippen molar-refractivity contribution in [1.82, 2.24) is 5.32 Å². The Kier molecular flexibility index (Phi) is 9.09. The third kappa shape index (κ3) is 7.96.